The number of nitrogens with one attached hydrogen (secondary N) is 2. The highest BCUT2D eigenvalue weighted by Crippen LogP contribution is 2.01. The van der Waals surface area contributed by atoms with Crippen molar-refractivity contribution in [3.63, 3.8) is 0 Å². The first-order chi connectivity index (χ1) is 6.93. The minimum Gasteiger partial charge on any atom is -0.314 e. The summed E-state index contributed by atoms with van der Waals surface area (Å²) in [6.45, 7) is 4.70. The second-order valence-electron chi connectivity index (χ2n) is 2.89. The van der Waals surface area contributed by atoms with Gasteiger partial charge in [0.25, 0.3) is 0 Å². The van der Waals surface area contributed by atoms with E-state index in [0.29, 0.717) is 0 Å². The van der Waals surface area contributed by atoms with Crippen LogP contribution in [0, 0.1) is 0 Å². The molecule has 1 radical (unpaired) electrons. The van der Waals surface area contributed by atoms with Crippen molar-refractivity contribution in [1.82, 2.24) is 20.9 Å². The average Bonchev–Trinajstić information content (AvgIpc) is 2.69. The maximum Gasteiger partial charge on any atom is 0.106 e. The van der Waals surface area contributed by atoms with E-state index in [4.69, 9.17) is 0 Å². The molecule has 0 spiro atoms. The standard InChI is InChI=1S/C9H17N4S/c1-10-2-3-11-4-5-12-8-9-13-6-7-14-9/h6-7,11-12H,2-5,8H2,1H3. The molecule has 1 aromatic rings. The Morgan fingerprint density at radius 1 is 1.36 bits per heavy atom. The monoisotopic (exact) mass is 213 g/mol. The molecule has 0 saturated carbocycles. The van der Waals surface area contributed by atoms with Gasteiger partial charge in [-0.3, -0.25) is 0 Å². The summed E-state index contributed by atoms with van der Waals surface area (Å²) in [4.78, 5) is 4.18. The Morgan fingerprint density at radius 3 is 2.93 bits per heavy atom. The summed E-state index contributed by atoms with van der Waals surface area (Å²) in [6, 6.07) is 0. The van der Waals surface area contributed by atoms with Gasteiger partial charge in [0.1, 0.15) is 5.01 Å². The molecule has 0 saturated heterocycles. The maximum atomic E-state index is 4.18. The van der Waals surface area contributed by atoms with Gasteiger partial charge in [-0.25, -0.2) is 10.3 Å². The van der Waals surface area contributed by atoms with E-state index in [1.54, 1.807) is 11.3 Å². The van der Waals surface area contributed by atoms with Gasteiger partial charge in [-0.2, -0.15) is 0 Å². The zero-order valence-electron chi connectivity index (χ0n) is 8.49. The summed E-state index contributed by atoms with van der Waals surface area (Å²) in [5.74, 6) is 0. The third-order valence-corrected chi connectivity index (χ3v) is 2.53. The summed E-state index contributed by atoms with van der Waals surface area (Å²) < 4.78 is 0. The number of hydrogen-bond donors (Lipinski definition) is 2. The van der Waals surface area contributed by atoms with E-state index in [9.17, 15) is 0 Å². The van der Waals surface area contributed by atoms with Gasteiger partial charge >= 0.3 is 0 Å². The van der Waals surface area contributed by atoms with E-state index in [0.717, 1.165) is 37.7 Å². The van der Waals surface area contributed by atoms with E-state index < -0.39 is 0 Å². The molecule has 0 bridgehead atoms. The number of hydrogen-bond acceptors (Lipinski definition) is 4. The van der Waals surface area contributed by atoms with Crippen LogP contribution in [0.1, 0.15) is 5.01 Å². The molecule has 0 fully saturated rings. The summed E-state index contributed by atoms with van der Waals surface area (Å²) in [7, 11) is 1.84. The zero-order valence-corrected chi connectivity index (χ0v) is 9.31. The largest absolute Gasteiger partial charge is 0.314 e. The van der Waals surface area contributed by atoms with Crippen molar-refractivity contribution in [3.8, 4) is 0 Å². The van der Waals surface area contributed by atoms with Gasteiger partial charge in [0.15, 0.2) is 0 Å². The van der Waals surface area contributed by atoms with Crippen LogP contribution in [0.5, 0.6) is 0 Å². The lowest BCUT2D eigenvalue weighted by atomic mass is 10.5. The van der Waals surface area contributed by atoms with Gasteiger partial charge in [0, 0.05) is 51.3 Å². The van der Waals surface area contributed by atoms with Gasteiger partial charge in [-0.05, 0) is 0 Å². The van der Waals surface area contributed by atoms with E-state index in [2.05, 4.69) is 20.9 Å². The SMILES string of the molecule is C[N]CCNCCNCc1nccs1. The summed E-state index contributed by atoms with van der Waals surface area (Å²) in [6.07, 6.45) is 1.84. The van der Waals surface area contributed by atoms with Crippen molar-refractivity contribution >= 4 is 11.3 Å². The number of aromatic nitrogens is 1. The smallest absolute Gasteiger partial charge is 0.106 e. The molecule has 0 aliphatic carbocycles. The summed E-state index contributed by atoms with van der Waals surface area (Å²) in [5, 5.41) is 13.8. The Kier molecular flexibility index (Phi) is 6.51. The van der Waals surface area contributed by atoms with E-state index in [1.807, 2.05) is 18.6 Å². The van der Waals surface area contributed by atoms with Crippen LogP contribution in [0.3, 0.4) is 0 Å². The molecule has 0 aliphatic rings. The molecule has 0 aromatic carbocycles. The molecule has 0 amide bonds. The fourth-order valence-corrected chi connectivity index (χ4v) is 1.61. The predicted molar refractivity (Wildman–Crippen MR) is 59.6 cm³/mol. The molecule has 14 heavy (non-hydrogen) atoms. The molecular weight excluding hydrogens is 196 g/mol. The number of thiazole rings is 1. The number of nitrogens with zero attached hydrogens (tertiary/aromatic N) is 2. The predicted octanol–water partition coefficient (Wildman–Crippen LogP) is 0.0565. The number of likely N-dealkylation sites (N-methyl/N-ethyl adjacent to an activating group) is 1. The lowest BCUT2D eigenvalue weighted by molar-refractivity contribution is 0.595. The normalized spacial score (nSPS) is 10.6. The van der Waals surface area contributed by atoms with Crippen LogP contribution in [-0.4, -0.2) is 38.2 Å². The van der Waals surface area contributed by atoms with Crippen molar-refractivity contribution in [3.05, 3.63) is 16.6 Å². The molecule has 0 aliphatic heterocycles. The highest BCUT2D eigenvalue weighted by atomic mass is 32.1. The fourth-order valence-electron chi connectivity index (χ4n) is 1.03. The third kappa shape index (κ3) is 5.29. The van der Waals surface area contributed by atoms with Crippen molar-refractivity contribution in [2.75, 3.05) is 33.2 Å². The highest BCUT2D eigenvalue weighted by Gasteiger charge is 1.93. The maximum absolute atomic E-state index is 4.18. The van der Waals surface area contributed by atoms with Crippen molar-refractivity contribution < 1.29 is 0 Å². The van der Waals surface area contributed by atoms with Crippen LogP contribution in [-0.2, 0) is 6.54 Å². The third-order valence-electron chi connectivity index (χ3n) is 1.75. The Labute approximate surface area is 89.1 Å². The number of rotatable bonds is 8. The molecule has 5 heteroatoms. The van der Waals surface area contributed by atoms with Gasteiger partial charge in [0.05, 0.1) is 0 Å². The molecule has 4 nitrogen and oxygen atoms in total. The lowest BCUT2D eigenvalue weighted by Crippen LogP contribution is -2.30. The van der Waals surface area contributed by atoms with Gasteiger partial charge in [-0.1, -0.05) is 0 Å². The van der Waals surface area contributed by atoms with Gasteiger partial charge in [0.2, 0.25) is 0 Å². The van der Waals surface area contributed by atoms with Crippen LogP contribution in [0.15, 0.2) is 11.6 Å². The summed E-state index contributed by atoms with van der Waals surface area (Å²) in [5.41, 5.74) is 0. The molecule has 2 N–H and O–H groups in total. The van der Waals surface area contributed by atoms with Crippen LogP contribution in [0.25, 0.3) is 0 Å². The van der Waals surface area contributed by atoms with Crippen molar-refractivity contribution in [2.45, 2.75) is 6.54 Å². The first kappa shape index (κ1) is 11.6. The molecular formula is C9H17N4S. The van der Waals surface area contributed by atoms with Gasteiger partial charge in [-0.15, -0.1) is 11.3 Å². The molecule has 1 heterocycles. The van der Waals surface area contributed by atoms with E-state index in [-0.39, 0.29) is 0 Å². The van der Waals surface area contributed by atoms with Crippen LogP contribution >= 0.6 is 11.3 Å². The van der Waals surface area contributed by atoms with Crippen LogP contribution in [0.2, 0.25) is 0 Å². The summed E-state index contributed by atoms with van der Waals surface area (Å²) >= 11 is 1.69. The second-order valence-corrected chi connectivity index (χ2v) is 3.87. The molecule has 79 valence electrons. The molecule has 0 unspecified atom stereocenters. The van der Waals surface area contributed by atoms with Crippen molar-refractivity contribution in [1.29, 1.82) is 0 Å². The first-order valence-electron chi connectivity index (χ1n) is 4.79. The Balaban J connectivity index is 1.85. The van der Waals surface area contributed by atoms with Crippen LogP contribution < -0.4 is 16.0 Å². The minimum absolute atomic E-state index is 0.873. The molecule has 0 atom stereocenters. The second kappa shape index (κ2) is 7.87. The topological polar surface area (TPSA) is 51.1 Å². The molecule has 1 aromatic heterocycles. The highest BCUT2D eigenvalue weighted by molar-refractivity contribution is 7.09. The quantitative estimate of drug-likeness (QED) is 0.600. The minimum atomic E-state index is 0.873. The van der Waals surface area contributed by atoms with E-state index in [1.165, 1.54) is 0 Å². The van der Waals surface area contributed by atoms with Crippen molar-refractivity contribution in [2.24, 2.45) is 0 Å². The van der Waals surface area contributed by atoms with Gasteiger partial charge < -0.3 is 10.6 Å². The zero-order chi connectivity index (χ0) is 10.1. The Hall–Kier alpha value is -0.490. The molecule has 1 rings (SSSR count). The van der Waals surface area contributed by atoms with E-state index >= 15 is 0 Å². The average molecular weight is 213 g/mol. The fraction of sp³-hybridized carbons (Fsp3) is 0.667. The first-order valence-corrected chi connectivity index (χ1v) is 5.67. The Bertz CT molecular complexity index is 213. The Morgan fingerprint density at radius 2 is 2.21 bits per heavy atom. The van der Waals surface area contributed by atoms with Crippen LogP contribution in [0.4, 0.5) is 0 Å². The lowest BCUT2D eigenvalue weighted by Gasteiger charge is -2.04.